The van der Waals surface area contributed by atoms with E-state index < -0.39 is 0 Å². The summed E-state index contributed by atoms with van der Waals surface area (Å²) in [6.07, 6.45) is 4.27. The van der Waals surface area contributed by atoms with E-state index in [4.69, 9.17) is 0 Å². The number of rotatable bonds is 4. The molecule has 0 nitrogen and oxygen atoms in total. The van der Waals surface area contributed by atoms with Crippen LogP contribution in [0.1, 0.15) is 71.1 Å². The van der Waals surface area contributed by atoms with Gasteiger partial charge in [-0.15, -0.1) is 39.7 Å². The van der Waals surface area contributed by atoms with Crippen LogP contribution in [0.25, 0.3) is 21.5 Å². The number of fused-ring (bicyclic) bond motifs is 3. The van der Waals surface area contributed by atoms with Crippen molar-refractivity contribution >= 4 is 24.8 Å². The van der Waals surface area contributed by atoms with Crippen LogP contribution in [0.15, 0.2) is 116 Å². The zero-order valence-electron chi connectivity index (χ0n) is 24.0. The van der Waals surface area contributed by atoms with Gasteiger partial charge in [0.2, 0.25) is 0 Å². The molecule has 0 aliphatic carbocycles. The molecule has 0 bridgehead atoms. The van der Waals surface area contributed by atoms with Gasteiger partial charge < -0.3 is 0 Å². The first-order valence-electron chi connectivity index (χ1n) is 13.6. The van der Waals surface area contributed by atoms with Gasteiger partial charge in [0.15, 0.2) is 0 Å². The van der Waals surface area contributed by atoms with Gasteiger partial charge in [-0.2, -0.15) is 18.2 Å². The molecule has 5 aromatic carbocycles. The summed E-state index contributed by atoms with van der Waals surface area (Å²) in [5, 5.41) is 5.48. The maximum absolute atomic E-state index is 3.73. The third-order valence-electron chi connectivity index (χ3n) is 6.71. The van der Waals surface area contributed by atoms with Crippen molar-refractivity contribution in [1.82, 2.24) is 0 Å². The van der Waals surface area contributed by atoms with Crippen molar-refractivity contribution in [3.63, 3.8) is 0 Å². The summed E-state index contributed by atoms with van der Waals surface area (Å²) in [7, 11) is 0. The average Bonchev–Trinajstić information content (AvgIpc) is 3.58. The van der Waals surface area contributed by atoms with Gasteiger partial charge >= 0.3 is 88.5 Å². The fraction of sp³-hybridized carbons (Fsp3) is 0.270. The first-order chi connectivity index (χ1) is 18.0. The molecule has 5 rings (SSSR count). The Morgan fingerprint density at radius 2 is 1.24 bits per heavy atom. The van der Waals surface area contributed by atoms with Crippen LogP contribution < -0.4 is 0 Å². The molecule has 0 saturated carbocycles. The van der Waals surface area contributed by atoms with E-state index in [0.29, 0.717) is 0 Å². The second kappa shape index (κ2) is 13.4. The summed E-state index contributed by atoms with van der Waals surface area (Å²) in [6.45, 7) is 17.4. The quantitative estimate of drug-likeness (QED) is 0.102. The molecule has 0 heterocycles. The molecule has 0 N–H and O–H groups in total. The third-order valence-corrected chi connectivity index (χ3v) is 8.65. The van der Waals surface area contributed by atoms with Crippen molar-refractivity contribution < 1.29 is 23.9 Å². The molecule has 0 amide bonds. The Bertz CT molecular complexity index is 1350. The zero-order chi connectivity index (χ0) is 27.8. The normalized spacial score (nSPS) is 11.4. The fourth-order valence-corrected chi connectivity index (χ4v) is 5.42. The Hall–Kier alpha value is -2.64. The second-order valence-corrected chi connectivity index (χ2v) is 14.1. The van der Waals surface area contributed by atoms with Crippen LogP contribution in [0.3, 0.4) is 0 Å². The molecule has 0 aliphatic heterocycles. The van der Waals surface area contributed by atoms with Crippen LogP contribution in [-0.4, -0.2) is 3.26 Å². The van der Waals surface area contributed by atoms with E-state index in [1.54, 1.807) is 3.26 Å². The first kappa shape index (κ1) is 29.9. The number of hydrogen-bond donors (Lipinski definition) is 0. The van der Waals surface area contributed by atoms with Gasteiger partial charge in [-0.1, -0.05) is 76.9 Å². The smallest absolute Gasteiger partial charge is 0.0202 e. The van der Waals surface area contributed by atoms with Gasteiger partial charge in [-0.05, 0) is 10.8 Å². The van der Waals surface area contributed by atoms with Crippen molar-refractivity contribution in [3.8, 4) is 0 Å². The molecule has 0 aliphatic rings. The van der Waals surface area contributed by atoms with E-state index in [1.807, 2.05) is 36.4 Å². The zero-order valence-corrected chi connectivity index (χ0v) is 27.6. The predicted octanol–water partition coefficient (Wildman–Crippen LogP) is 10.4. The van der Waals surface area contributed by atoms with Gasteiger partial charge in [-0.3, -0.25) is 0 Å². The van der Waals surface area contributed by atoms with Crippen molar-refractivity contribution in [1.29, 1.82) is 0 Å². The van der Waals surface area contributed by atoms with E-state index >= 15 is 0 Å². The predicted molar refractivity (Wildman–Crippen MR) is 166 cm³/mol. The average molecular weight is 665 g/mol. The molecule has 0 spiro atoms. The minimum Gasteiger partial charge on any atom is -0.214 e. The number of allylic oxidation sites excluding steroid dienone is 1. The molecule has 0 aromatic heterocycles. The largest absolute Gasteiger partial charge is 0.214 e. The summed E-state index contributed by atoms with van der Waals surface area (Å²) in [5.74, 6) is 0. The third kappa shape index (κ3) is 8.43. The molecule has 0 atom stereocenters. The standard InChI is InChI=1S/C21H25.C11H12.C5H5.Hf/c1-20(2,3)16-7-9-18-14(12-16)11-15-13-17(21(4,5)6)8-10-19(15)18;1-2-3-5-8-11-9-6-4-7-10-11;1-2-4-5-3-1;/h7-13H,1-6H3;2,4,6-7,9-10H,1,3,5H2;1-5H;/q-1;;-1;+2. The Morgan fingerprint density at radius 3 is 1.63 bits per heavy atom. The van der Waals surface area contributed by atoms with E-state index in [1.165, 1.54) is 44.7 Å². The topological polar surface area (TPSA) is 0 Å². The Balaban J connectivity index is 0.000000197. The maximum Gasteiger partial charge on any atom is -0.0202 e. The van der Waals surface area contributed by atoms with E-state index in [2.05, 4.69) is 121 Å². The Labute approximate surface area is 245 Å². The van der Waals surface area contributed by atoms with Gasteiger partial charge in [-0.25, -0.2) is 12.1 Å². The van der Waals surface area contributed by atoms with Crippen LogP contribution in [0.5, 0.6) is 0 Å². The van der Waals surface area contributed by atoms with Gasteiger partial charge in [0.05, 0.1) is 0 Å². The molecular weight excluding hydrogens is 623 g/mol. The van der Waals surface area contributed by atoms with Crippen molar-refractivity contribution in [3.05, 3.63) is 132 Å². The van der Waals surface area contributed by atoms with E-state index in [9.17, 15) is 0 Å². The first-order valence-corrected chi connectivity index (χ1v) is 15.3. The van der Waals surface area contributed by atoms with Crippen LogP contribution in [0, 0.1) is 0 Å². The molecule has 0 unspecified atom stereocenters. The van der Waals surface area contributed by atoms with Gasteiger partial charge in [0, 0.05) is 0 Å². The molecule has 0 fully saturated rings. The molecule has 0 saturated heterocycles. The van der Waals surface area contributed by atoms with Crippen LogP contribution in [0.4, 0.5) is 0 Å². The second-order valence-electron chi connectivity index (χ2n) is 11.9. The maximum atomic E-state index is 3.73. The Morgan fingerprint density at radius 1 is 0.737 bits per heavy atom. The van der Waals surface area contributed by atoms with Crippen molar-refractivity contribution in [2.24, 2.45) is 0 Å². The van der Waals surface area contributed by atoms with Crippen molar-refractivity contribution in [2.45, 2.75) is 65.2 Å². The Kier molecular flexibility index (Phi) is 10.6. The minimum absolute atomic E-state index is 0.203. The molecule has 0 radical (unpaired) electrons. The van der Waals surface area contributed by atoms with Crippen LogP contribution in [0.2, 0.25) is 0 Å². The molecule has 194 valence electrons. The van der Waals surface area contributed by atoms with E-state index in [-0.39, 0.29) is 10.8 Å². The van der Waals surface area contributed by atoms with Crippen molar-refractivity contribution in [2.75, 3.05) is 0 Å². The fourth-order valence-electron chi connectivity index (χ4n) is 4.31. The summed E-state index contributed by atoms with van der Waals surface area (Å²) in [4.78, 5) is 0. The summed E-state index contributed by atoms with van der Waals surface area (Å²) in [5.41, 5.74) is 4.62. The summed E-state index contributed by atoms with van der Waals surface area (Å²) in [6, 6.07) is 36.8. The van der Waals surface area contributed by atoms with E-state index in [0.717, 1.165) is 30.3 Å². The van der Waals surface area contributed by atoms with Gasteiger partial charge in [0.25, 0.3) is 0 Å². The summed E-state index contributed by atoms with van der Waals surface area (Å²) < 4.78 is 1.58. The molecule has 38 heavy (non-hydrogen) atoms. The van der Waals surface area contributed by atoms with Crippen LogP contribution >= 0.6 is 0 Å². The summed E-state index contributed by atoms with van der Waals surface area (Å²) >= 11 is 1.16. The minimum atomic E-state index is 0.203. The SMILES string of the molecule is C=CCC[C](=[Hf+2])c1ccccc1.CC(C)(C)c1ccc2c(c1)[cH-]c1cc(C(C)(C)C)ccc12.c1cc[cH-]c1. The molecular formula is C37H42Hf. The van der Waals surface area contributed by atoms with Gasteiger partial charge in [0.1, 0.15) is 0 Å². The number of hydrogen-bond acceptors (Lipinski definition) is 0. The molecule has 1 heteroatoms. The molecule has 5 aromatic rings. The van der Waals surface area contributed by atoms with Crippen LogP contribution in [-0.2, 0) is 34.7 Å². The number of benzene rings is 3. The monoisotopic (exact) mass is 666 g/mol.